The molecular weight excluding hydrogens is 484 g/mol. The number of sulfonamides is 1. The summed E-state index contributed by atoms with van der Waals surface area (Å²) in [5.41, 5.74) is 2.91. The molecule has 1 aliphatic rings. The van der Waals surface area contributed by atoms with E-state index in [-0.39, 0.29) is 23.5 Å². The van der Waals surface area contributed by atoms with E-state index in [9.17, 15) is 18.3 Å². The largest absolute Gasteiger partial charge is 0.392 e. The normalized spacial score (nSPS) is 15.2. The second-order valence-electron chi connectivity index (χ2n) is 8.61. The number of amides is 1. The molecule has 0 unspecified atom stereocenters. The monoisotopic (exact) mass is 512 g/mol. The molecule has 4 rings (SSSR count). The summed E-state index contributed by atoms with van der Waals surface area (Å²) in [7, 11) is -3.61. The maximum Gasteiger partial charge on any atom is 0.260 e. The third-order valence-corrected chi connectivity index (χ3v) is 8.72. The zero-order valence-corrected chi connectivity index (χ0v) is 21.2. The Morgan fingerprint density at radius 3 is 2.14 bits per heavy atom. The van der Waals surface area contributed by atoms with Crippen molar-refractivity contribution in [3.05, 3.63) is 94.5 Å². The first kappa shape index (κ1) is 25.4. The summed E-state index contributed by atoms with van der Waals surface area (Å²) in [5.74, 6) is -0.233. The molecule has 0 radical (unpaired) electrons. The predicted octanol–water partition coefficient (Wildman–Crippen LogP) is 4.89. The second kappa shape index (κ2) is 10.9. The molecule has 0 aliphatic carbocycles. The van der Waals surface area contributed by atoms with Gasteiger partial charge in [0.2, 0.25) is 10.0 Å². The highest BCUT2D eigenvalue weighted by atomic mass is 35.5. The van der Waals surface area contributed by atoms with Crippen molar-refractivity contribution in [3.63, 3.8) is 0 Å². The Morgan fingerprint density at radius 2 is 1.57 bits per heavy atom. The summed E-state index contributed by atoms with van der Waals surface area (Å²) in [6, 6.07) is 20.9. The number of aliphatic hydroxyl groups is 1. The van der Waals surface area contributed by atoms with Crippen LogP contribution in [0.15, 0.2) is 77.7 Å². The summed E-state index contributed by atoms with van der Waals surface area (Å²) in [5, 5.41) is 9.77. The second-order valence-corrected chi connectivity index (χ2v) is 11.0. The highest BCUT2D eigenvalue weighted by Gasteiger charge is 2.34. The molecule has 3 aromatic rings. The molecule has 1 saturated heterocycles. The van der Waals surface area contributed by atoms with Gasteiger partial charge in [0.1, 0.15) is 0 Å². The van der Waals surface area contributed by atoms with Crippen molar-refractivity contribution < 1.29 is 18.3 Å². The van der Waals surface area contributed by atoms with E-state index in [0.717, 1.165) is 17.5 Å². The molecule has 0 spiro atoms. The lowest BCUT2D eigenvalue weighted by Gasteiger charge is -2.38. The number of aliphatic hydroxyl groups excluding tert-OH is 1. The van der Waals surface area contributed by atoms with E-state index < -0.39 is 10.0 Å². The van der Waals surface area contributed by atoms with E-state index >= 15 is 0 Å². The standard InChI is InChI=1S/C27H29ClN2O4S/c1-2-20-9-13-24(14-10-20)35(33,34)29-17-15-23(16-18-29)30(22-11-7-21(19-31)8-12-22)27(32)25-5-3-4-6-26(25)28/h3-14,23,31H,2,15-19H2,1H3. The molecule has 35 heavy (non-hydrogen) atoms. The van der Waals surface area contributed by atoms with Crippen LogP contribution in [0.25, 0.3) is 0 Å². The minimum atomic E-state index is -3.61. The number of aryl methyl sites for hydroxylation is 1. The number of hydrogen-bond acceptors (Lipinski definition) is 4. The molecule has 1 N–H and O–H groups in total. The van der Waals surface area contributed by atoms with Crippen LogP contribution in [0.4, 0.5) is 5.69 Å². The number of rotatable bonds is 7. The Labute approximate surface area is 211 Å². The third-order valence-electron chi connectivity index (χ3n) is 6.48. The van der Waals surface area contributed by atoms with Crippen molar-refractivity contribution in [2.75, 3.05) is 18.0 Å². The van der Waals surface area contributed by atoms with Crippen LogP contribution < -0.4 is 4.90 Å². The van der Waals surface area contributed by atoms with E-state index in [1.807, 2.05) is 19.1 Å². The van der Waals surface area contributed by atoms with E-state index in [0.29, 0.717) is 42.2 Å². The highest BCUT2D eigenvalue weighted by Crippen LogP contribution is 2.30. The van der Waals surface area contributed by atoms with E-state index in [2.05, 4.69) is 0 Å². The molecule has 0 aromatic heterocycles. The van der Waals surface area contributed by atoms with Gasteiger partial charge in [-0.1, -0.05) is 54.9 Å². The van der Waals surface area contributed by atoms with Crippen LogP contribution in [0, 0.1) is 0 Å². The van der Waals surface area contributed by atoms with Gasteiger partial charge in [0.25, 0.3) is 5.91 Å². The fraction of sp³-hybridized carbons (Fsp3) is 0.296. The first-order chi connectivity index (χ1) is 16.8. The smallest absolute Gasteiger partial charge is 0.260 e. The lowest BCUT2D eigenvalue weighted by molar-refractivity contribution is 0.0968. The van der Waals surface area contributed by atoms with Gasteiger partial charge in [-0.15, -0.1) is 0 Å². The van der Waals surface area contributed by atoms with Gasteiger partial charge >= 0.3 is 0 Å². The van der Waals surface area contributed by atoms with Crippen molar-refractivity contribution in [2.45, 2.75) is 43.7 Å². The van der Waals surface area contributed by atoms with Crippen molar-refractivity contribution in [1.29, 1.82) is 0 Å². The summed E-state index contributed by atoms with van der Waals surface area (Å²) < 4.78 is 27.9. The molecule has 0 saturated carbocycles. The van der Waals surface area contributed by atoms with Gasteiger partial charge in [0.05, 0.1) is 22.1 Å². The molecule has 1 heterocycles. The maximum atomic E-state index is 13.6. The fourth-order valence-corrected chi connectivity index (χ4v) is 6.09. The summed E-state index contributed by atoms with van der Waals surface area (Å²) in [6.45, 7) is 2.56. The first-order valence-electron chi connectivity index (χ1n) is 11.7. The quantitative estimate of drug-likeness (QED) is 0.488. The average molecular weight is 513 g/mol. The lowest BCUT2D eigenvalue weighted by atomic mass is 10.0. The number of halogens is 1. The van der Waals surface area contributed by atoms with Gasteiger partial charge < -0.3 is 10.0 Å². The molecule has 8 heteroatoms. The summed E-state index contributed by atoms with van der Waals surface area (Å²) in [4.78, 5) is 15.6. The Bertz CT molecular complexity index is 1270. The molecule has 0 bridgehead atoms. The topological polar surface area (TPSA) is 77.9 Å². The van der Waals surface area contributed by atoms with Crippen LogP contribution in [-0.4, -0.2) is 42.9 Å². The van der Waals surface area contributed by atoms with Crippen LogP contribution in [-0.2, 0) is 23.1 Å². The molecule has 1 aliphatic heterocycles. The van der Waals surface area contributed by atoms with Crippen molar-refractivity contribution in [2.24, 2.45) is 0 Å². The lowest BCUT2D eigenvalue weighted by Crippen LogP contribution is -2.49. The zero-order valence-electron chi connectivity index (χ0n) is 19.6. The van der Waals surface area contributed by atoms with Gasteiger partial charge in [-0.3, -0.25) is 4.79 Å². The van der Waals surface area contributed by atoms with E-state index in [4.69, 9.17) is 11.6 Å². The number of hydrogen-bond donors (Lipinski definition) is 1. The Morgan fingerprint density at radius 1 is 0.971 bits per heavy atom. The number of nitrogens with zero attached hydrogens (tertiary/aromatic N) is 2. The Balaban J connectivity index is 1.58. The van der Waals surface area contributed by atoms with Crippen molar-refractivity contribution >= 4 is 33.2 Å². The molecule has 6 nitrogen and oxygen atoms in total. The fourth-order valence-electron chi connectivity index (χ4n) is 4.41. The zero-order chi connectivity index (χ0) is 25.0. The average Bonchev–Trinajstić information content (AvgIpc) is 2.90. The van der Waals surface area contributed by atoms with Gasteiger partial charge in [0.15, 0.2) is 0 Å². The van der Waals surface area contributed by atoms with Gasteiger partial charge in [-0.25, -0.2) is 8.42 Å². The number of piperidine rings is 1. The van der Waals surface area contributed by atoms with Gasteiger partial charge in [-0.2, -0.15) is 4.31 Å². The van der Waals surface area contributed by atoms with Crippen molar-refractivity contribution in [3.8, 4) is 0 Å². The minimum Gasteiger partial charge on any atom is -0.392 e. The predicted molar refractivity (Wildman–Crippen MR) is 138 cm³/mol. The molecule has 1 fully saturated rings. The van der Waals surface area contributed by atoms with E-state index in [1.165, 1.54) is 4.31 Å². The van der Waals surface area contributed by atoms with Gasteiger partial charge in [-0.05, 0) is 66.8 Å². The molecule has 1 amide bonds. The molecule has 3 aromatic carbocycles. The van der Waals surface area contributed by atoms with Gasteiger partial charge in [0, 0.05) is 24.8 Å². The van der Waals surface area contributed by atoms with E-state index in [1.54, 1.807) is 65.6 Å². The first-order valence-corrected chi connectivity index (χ1v) is 13.5. The molecular formula is C27H29ClN2O4S. The van der Waals surface area contributed by atoms with Crippen LogP contribution in [0.1, 0.15) is 41.3 Å². The Hall–Kier alpha value is -2.71. The SMILES string of the molecule is CCc1ccc(S(=O)(=O)N2CCC(N(C(=O)c3ccccc3Cl)c3ccc(CO)cc3)CC2)cc1. The summed E-state index contributed by atoms with van der Waals surface area (Å²) in [6.07, 6.45) is 1.83. The van der Waals surface area contributed by atoms with Crippen LogP contribution in [0.5, 0.6) is 0 Å². The summed E-state index contributed by atoms with van der Waals surface area (Å²) >= 11 is 6.34. The number of carbonyl (C=O) groups is 1. The highest BCUT2D eigenvalue weighted by molar-refractivity contribution is 7.89. The van der Waals surface area contributed by atoms with Crippen molar-refractivity contribution in [1.82, 2.24) is 4.31 Å². The number of benzene rings is 3. The third kappa shape index (κ3) is 5.43. The number of carbonyl (C=O) groups excluding carboxylic acids is 1. The van der Waals surface area contributed by atoms with Crippen LogP contribution >= 0.6 is 11.6 Å². The minimum absolute atomic E-state index is 0.0891. The molecule has 0 atom stereocenters. The van der Waals surface area contributed by atoms with Crippen LogP contribution in [0.3, 0.4) is 0 Å². The van der Waals surface area contributed by atoms with Crippen LogP contribution in [0.2, 0.25) is 5.02 Å². The maximum absolute atomic E-state index is 13.6. The Kier molecular flexibility index (Phi) is 7.91. The number of anilines is 1. The molecule has 184 valence electrons.